The number of nitrogens with zero attached hydrogens (tertiary/aromatic N) is 3. The Morgan fingerprint density at radius 1 is 1.00 bits per heavy atom. The molecule has 2 saturated heterocycles. The molecule has 1 aromatic heterocycles. The maximum Gasteiger partial charge on any atom is 0.408 e. The van der Waals surface area contributed by atoms with Crippen molar-refractivity contribution in [2.75, 3.05) is 10.7 Å². The maximum atomic E-state index is 13.2. The molecular formula is C34H34N4O7S. The zero-order valence-electron chi connectivity index (χ0n) is 25.2. The summed E-state index contributed by atoms with van der Waals surface area (Å²) in [6.45, 7) is 0.0133. The normalized spacial score (nSPS) is 21.4. The number of amides is 3. The molecule has 4 unspecified atom stereocenters. The molecule has 0 aliphatic carbocycles. The standard InChI is InChI=1S/C34H34N4O7S/c1-37-16-15-35-33(37)46-21-27-17-29(24-9-7-22(19-39)8-10-24)45-32(44-27)25-11-13-26(14-12-25)38-30(40)18-28(31(38)41)36-34(42)43-20-23-5-3-2-4-6-23/h2-16,27-29,32,39H,17-21H2,1H3,(H,36,42). The van der Waals surface area contributed by atoms with E-state index in [4.69, 9.17) is 14.2 Å². The van der Waals surface area contributed by atoms with Crippen LogP contribution in [0.15, 0.2) is 96.4 Å². The number of aliphatic hydroxyl groups is 1. The van der Waals surface area contributed by atoms with Crippen molar-refractivity contribution in [1.29, 1.82) is 0 Å². The van der Waals surface area contributed by atoms with Gasteiger partial charge in [-0.3, -0.25) is 9.59 Å². The number of thioether (sulfide) groups is 1. The van der Waals surface area contributed by atoms with Crippen molar-refractivity contribution in [3.8, 4) is 0 Å². The largest absolute Gasteiger partial charge is 0.445 e. The number of benzene rings is 3. The Bertz CT molecular complexity index is 1660. The van der Waals surface area contributed by atoms with Gasteiger partial charge < -0.3 is 29.2 Å². The van der Waals surface area contributed by atoms with Gasteiger partial charge in [0.25, 0.3) is 5.91 Å². The van der Waals surface area contributed by atoms with Gasteiger partial charge in [-0.15, -0.1) is 0 Å². The number of imide groups is 1. The Kier molecular flexibility index (Phi) is 9.79. The van der Waals surface area contributed by atoms with Crippen LogP contribution in [0.3, 0.4) is 0 Å². The van der Waals surface area contributed by atoms with Gasteiger partial charge in [0, 0.05) is 37.2 Å². The molecule has 2 N–H and O–H groups in total. The summed E-state index contributed by atoms with van der Waals surface area (Å²) < 4.78 is 20.0. The van der Waals surface area contributed by atoms with Crippen molar-refractivity contribution in [2.45, 2.75) is 55.8 Å². The van der Waals surface area contributed by atoms with Crippen LogP contribution in [-0.4, -0.2) is 50.5 Å². The lowest BCUT2D eigenvalue weighted by Gasteiger charge is -2.36. The molecule has 0 saturated carbocycles. The first-order valence-corrected chi connectivity index (χ1v) is 15.9. The fourth-order valence-corrected chi connectivity index (χ4v) is 6.33. The molecular weight excluding hydrogens is 608 g/mol. The number of aliphatic hydroxyl groups excluding tert-OH is 1. The van der Waals surface area contributed by atoms with Gasteiger partial charge >= 0.3 is 6.09 Å². The predicted molar refractivity (Wildman–Crippen MR) is 169 cm³/mol. The zero-order chi connectivity index (χ0) is 32.0. The van der Waals surface area contributed by atoms with E-state index in [1.54, 1.807) is 42.2 Å². The Balaban J connectivity index is 1.12. The molecule has 2 aliphatic rings. The number of carbonyl (C=O) groups excluding carboxylic acids is 3. The van der Waals surface area contributed by atoms with E-state index in [2.05, 4.69) is 10.3 Å². The number of hydrogen-bond donors (Lipinski definition) is 2. The third-order valence-corrected chi connectivity index (χ3v) is 9.06. The van der Waals surface area contributed by atoms with Crippen LogP contribution in [0.1, 0.15) is 47.5 Å². The van der Waals surface area contributed by atoms with E-state index < -0.39 is 30.2 Å². The Morgan fingerprint density at radius 2 is 1.74 bits per heavy atom. The van der Waals surface area contributed by atoms with Gasteiger partial charge in [0.15, 0.2) is 11.4 Å². The summed E-state index contributed by atoms with van der Waals surface area (Å²) in [6, 6.07) is 22.7. The Morgan fingerprint density at radius 3 is 2.43 bits per heavy atom. The lowest BCUT2D eigenvalue weighted by Crippen LogP contribution is -2.42. The molecule has 46 heavy (non-hydrogen) atoms. The molecule has 4 aromatic rings. The minimum atomic E-state index is -1.02. The second-order valence-corrected chi connectivity index (χ2v) is 12.1. The molecule has 4 atom stereocenters. The fourth-order valence-electron chi connectivity index (χ4n) is 5.38. The first-order valence-electron chi connectivity index (χ1n) is 14.9. The van der Waals surface area contributed by atoms with Crippen LogP contribution in [0.2, 0.25) is 0 Å². The monoisotopic (exact) mass is 642 g/mol. The Hall–Kier alpha value is -4.49. The van der Waals surface area contributed by atoms with Crippen LogP contribution in [0.25, 0.3) is 0 Å². The van der Waals surface area contributed by atoms with Gasteiger partial charge in [-0.25, -0.2) is 14.7 Å². The second-order valence-electron chi connectivity index (χ2n) is 11.1. The van der Waals surface area contributed by atoms with Crippen molar-refractivity contribution in [3.63, 3.8) is 0 Å². The molecule has 3 heterocycles. The number of rotatable bonds is 10. The van der Waals surface area contributed by atoms with Crippen LogP contribution in [0.5, 0.6) is 0 Å². The number of hydrogen-bond acceptors (Lipinski definition) is 9. The van der Waals surface area contributed by atoms with Crippen molar-refractivity contribution < 1.29 is 33.7 Å². The van der Waals surface area contributed by atoms with Gasteiger partial charge in [-0.2, -0.15) is 0 Å². The number of aromatic nitrogens is 2. The maximum absolute atomic E-state index is 13.2. The summed E-state index contributed by atoms with van der Waals surface area (Å²) in [5.41, 5.74) is 3.71. The van der Waals surface area contributed by atoms with E-state index in [1.807, 2.05) is 72.4 Å². The smallest absolute Gasteiger partial charge is 0.408 e. The van der Waals surface area contributed by atoms with Crippen LogP contribution in [0.4, 0.5) is 10.5 Å². The second kappa shape index (κ2) is 14.3. The van der Waals surface area contributed by atoms with Crippen molar-refractivity contribution in [2.24, 2.45) is 7.05 Å². The van der Waals surface area contributed by atoms with E-state index in [9.17, 15) is 19.5 Å². The first kappa shape index (κ1) is 31.5. The number of alkyl carbamates (subject to hydrolysis) is 1. The third kappa shape index (κ3) is 7.31. The highest BCUT2D eigenvalue weighted by Crippen LogP contribution is 2.40. The van der Waals surface area contributed by atoms with E-state index >= 15 is 0 Å². The van der Waals surface area contributed by atoms with E-state index in [0.717, 1.165) is 32.3 Å². The lowest BCUT2D eigenvalue weighted by molar-refractivity contribution is -0.245. The highest BCUT2D eigenvalue weighted by atomic mass is 32.2. The molecule has 11 nitrogen and oxygen atoms in total. The third-order valence-electron chi connectivity index (χ3n) is 7.87. The quantitative estimate of drug-likeness (QED) is 0.185. The van der Waals surface area contributed by atoms with Gasteiger partial charge in [-0.1, -0.05) is 78.5 Å². The lowest BCUT2D eigenvalue weighted by atomic mass is 10.0. The summed E-state index contributed by atoms with van der Waals surface area (Å²) in [5, 5.41) is 12.9. The summed E-state index contributed by atoms with van der Waals surface area (Å²) >= 11 is 1.60. The van der Waals surface area contributed by atoms with Crippen molar-refractivity contribution in [3.05, 3.63) is 114 Å². The number of nitrogens with one attached hydrogen (secondary N) is 1. The van der Waals surface area contributed by atoms with Crippen molar-refractivity contribution in [1.82, 2.24) is 14.9 Å². The molecule has 3 amide bonds. The fraction of sp³-hybridized carbons (Fsp3) is 0.294. The molecule has 6 rings (SSSR count). The van der Waals surface area contributed by atoms with Crippen LogP contribution in [-0.2, 0) is 44.1 Å². The minimum Gasteiger partial charge on any atom is -0.445 e. The molecule has 238 valence electrons. The Labute approximate surface area is 270 Å². The van der Waals surface area contributed by atoms with Gasteiger partial charge in [0.2, 0.25) is 5.91 Å². The topological polar surface area (TPSA) is 132 Å². The minimum absolute atomic E-state index is 0.0377. The van der Waals surface area contributed by atoms with Crippen LogP contribution < -0.4 is 10.2 Å². The number of ether oxygens (including phenoxy) is 3. The van der Waals surface area contributed by atoms with E-state index in [0.29, 0.717) is 17.9 Å². The highest BCUT2D eigenvalue weighted by molar-refractivity contribution is 7.99. The summed E-state index contributed by atoms with van der Waals surface area (Å²) in [5.74, 6) is -0.293. The van der Waals surface area contributed by atoms with Crippen molar-refractivity contribution >= 4 is 35.4 Å². The van der Waals surface area contributed by atoms with Gasteiger partial charge in [0.05, 0.1) is 30.9 Å². The molecule has 0 spiro atoms. The van der Waals surface area contributed by atoms with E-state index in [1.165, 1.54) is 0 Å². The average molecular weight is 643 g/mol. The molecule has 2 fully saturated rings. The average Bonchev–Trinajstić information content (AvgIpc) is 3.63. The highest BCUT2D eigenvalue weighted by Gasteiger charge is 2.41. The molecule has 3 aromatic carbocycles. The molecule has 12 heteroatoms. The summed E-state index contributed by atoms with van der Waals surface area (Å²) in [6.07, 6.45) is 2.24. The SMILES string of the molecule is Cn1ccnc1SCC1CC(c2ccc(CO)cc2)OC(c2ccc(N3C(=O)CC(NC(=O)OCc4ccccc4)C3=O)cc2)O1. The van der Waals surface area contributed by atoms with E-state index in [-0.39, 0.29) is 31.8 Å². The number of aryl methyl sites for hydroxylation is 1. The first-order chi connectivity index (χ1) is 22.4. The summed E-state index contributed by atoms with van der Waals surface area (Å²) in [4.78, 5) is 43.8. The van der Waals surface area contributed by atoms with Crippen LogP contribution in [0, 0.1) is 0 Å². The molecule has 2 aliphatic heterocycles. The number of anilines is 1. The number of imidazole rings is 1. The van der Waals surface area contributed by atoms with Gasteiger partial charge in [0.1, 0.15) is 12.6 Å². The van der Waals surface area contributed by atoms with Crippen LogP contribution >= 0.6 is 11.8 Å². The predicted octanol–water partition coefficient (Wildman–Crippen LogP) is 4.81. The zero-order valence-corrected chi connectivity index (χ0v) is 26.0. The number of carbonyl (C=O) groups is 3. The molecule has 0 bridgehead atoms. The van der Waals surface area contributed by atoms with Gasteiger partial charge in [-0.05, 0) is 28.8 Å². The molecule has 0 radical (unpaired) electrons. The summed E-state index contributed by atoms with van der Waals surface area (Å²) in [7, 11) is 1.95.